The Hall–Kier alpha value is -1.77. The summed E-state index contributed by atoms with van der Waals surface area (Å²) in [6.45, 7) is 7.23. The molecule has 0 spiro atoms. The lowest BCUT2D eigenvalue weighted by atomic mass is 10.1. The first kappa shape index (κ1) is 11.7. The topological polar surface area (TPSA) is 38.1 Å². The highest BCUT2D eigenvalue weighted by molar-refractivity contribution is 5.61. The SMILES string of the molecule is Cc1nc(-c2ccc(NCC(C)C)cc2)co1. The monoisotopic (exact) mass is 230 g/mol. The van der Waals surface area contributed by atoms with Crippen LogP contribution < -0.4 is 5.32 Å². The lowest BCUT2D eigenvalue weighted by Crippen LogP contribution is -2.07. The van der Waals surface area contributed by atoms with Crippen molar-refractivity contribution >= 4 is 5.69 Å². The molecule has 1 aromatic heterocycles. The summed E-state index contributed by atoms with van der Waals surface area (Å²) in [6.07, 6.45) is 1.69. The van der Waals surface area contributed by atoms with Crippen LogP contribution in [0.25, 0.3) is 11.3 Å². The fourth-order valence-electron chi connectivity index (χ4n) is 1.58. The molecule has 3 heteroatoms. The molecule has 0 unspecified atom stereocenters. The van der Waals surface area contributed by atoms with Crippen molar-refractivity contribution < 1.29 is 4.42 Å². The molecule has 0 atom stereocenters. The fourth-order valence-corrected chi connectivity index (χ4v) is 1.58. The van der Waals surface area contributed by atoms with Gasteiger partial charge in [0.25, 0.3) is 0 Å². The van der Waals surface area contributed by atoms with Crippen LogP contribution in [0, 0.1) is 12.8 Å². The third kappa shape index (κ3) is 3.09. The quantitative estimate of drug-likeness (QED) is 0.870. The van der Waals surface area contributed by atoms with Gasteiger partial charge in [-0.05, 0) is 18.1 Å². The van der Waals surface area contributed by atoms with Gasteiger partial charge < -0.3 is 9.73 Å². The molecular weight excluding hydrogens is 212 g/mol. The largest absolute Gasteiger partial charge is 0.449 e. The summed E-state index contributed by atoms with van der Waals surface area (Å²) in [4.78, 5) is 4.30. The van der Waals surface area contributed by atoms with E-state index in [0.717, 1.165) is 23.5 Å². The van der Waals surface area contributed by atoms with E-state index in [9.17, 15) is 0 Å². The number of hydrogen-bond acceptors (Lipinski definition) is 3. The summed E-state index contributed by atoms with van der Waals surface area (Å²) in [6, 6.07) is 8.25. The number of rotatable bonds is 4. The summed E-state index contributed by atoms with van der Waals surface area (Å²) >= 11 is 0. The van der Waals surface area contributed by atoms with Crippen molar-refractivity contribution in [2.45, 2.75) is 20.8 Å². The second kappa shape index (κ2) is 5.04. The van der Waals surface area contributed by atoms with Crippen LogP contribution in [-0.4, -0.2) is 11.5 Å². The number of nitrogens with one attached hydrogen (secondary N) is 1. The lowest BCUT2D eigenvalue weighted by Gasteiger charge is -2.08. The van der Waals surface area contributed by atoms with Gasteiger partial charge in [-0.2, -0.15) is 0 Å². The van der Waals surface area contributed by atoms with E-state index in [1.54, 1.807) is 6.26 Å². The van der Waals surface area contributed by atoms with Gasteiger partial charge in [-0.3, -0.25) is 0 Å². The molecule has 1 N–H and O–H groups in total. The lowest BCUT2D eigenvalue weighted by molar-refractivity contribution is 0.521. The molecule has 1 aromatic carbocycles. The van der Waals surface area contributed by atoms with Crippen LogP contribution in [0.1, 0.15) is 19.7 Å². The molecule has 2 rings (SSSR count). The minimum absolute atomic E-state index is 0.646. The van der Waals surface area contributed by atoms with Gasteiger partial charge >= 0.3 is 0 Å². The highest BCUT2D eigenvalue weighted by Gasteiger charge is 2.03. The summed E-state index contributed by atoms with van der Waals surface area (Å²) in [5.74, 6) is 1.34. The zero-order valence-electron chi connectivity index (χ0n) is 10.5. The molecule has 0 saturated carbocycles. The van der Waals surface area contributed by atoms with E-state index < -0.39 is 0 Å². The number of hydrogen-bond donors (Lipinski definition) is 1. The smallest absolute Gasteiger partial charge is 0.191 e. The van der Waals surface area contributed by atoms with Gasteiger partial charge in [0.1, 0.15) is 12.0 Å². The zero-order valence-corrected chi connectivity index (χ0v) is 10.5. The van der Waals surface area contributed by atoms with Crippen LogP contribution in [0.3, 0.4) is 0 Å². The molecule has 0 aliphatic heterocycles. The van der Waals surface area contributed by atoms with Crippen LogP contribution in [0.5, 0.6) is 0 Å². The van der Waals surface area contributed by atoms with E-state index in [2.05, 4.69) is 48.4 Å². The molecule has 0 amide bonds. The van der Waals surface area contributed by atoms with Crippen molar-refractivity contribution in [2.24, 2.45) is 5.92 Å². The van der Waals surface area contributed by atoms with Gasteiger partial charge in [0.2, 0.25) is 0 Å². The van der Waals surface area contributed by atoms with Crippen molar-refractivity contribution in [1.29, 1.82) is 0 Å². The van der Waals surface area contributed by atoms with Gasteiger partial charge in [-0.15, -0.1) is 0 Å². The Balaban J connectivity index is 2.07. The van der Waals surface area contributed by atoms with E-state index in [1.165, 1.54) is 0 Å². The molecule has 0 radical (unpaired) electrons. The van der Waals surface area contributed by atoms with Gasteiger partial charge in [0.15, 0.2) is 5.89 Å². The van der Waals surface area contributed by atoms with Gasteiger partial charge in [0.05, 0.1) is 0 Å². The maximum Gasteiger partial charge on any atom is 0.191 e. The number of nitrogens with zero attached hydrogens (tertiary/aromatic N) is 1. The van der Waals surface area contributed by atoms with E-state index in [1.807, 2.05) is 6.92 Å². The standard InChI is InChI=1S/C14H18N2O/c1-10(2)8-15-13-6-4-12(5-7-13)14-9-17-11(3)16-14/h4-7,9-10,15H,8H2,1-3H3. The Morgan fingerprint density at radius 1 is 1.24 bits per heavy atom. The Kier molecular flexibility index (Phi) is 3.47. The predicted octanol–water partition coefficient (Wildman–Crippen LogP) is 3.72. The molecule has 0 bridgehead atoms. The fraction of sp³-hybridized carbons (Fsp3) is 0.357. The van der Waals surface area contributed by atoms with Crippen LogP contribution in [0.2, 0.25) is 0 Å². The number of aromatic nitrogens is 1. The Bertz CT molecular complexity index is 471. The van der Waals surface area contributed by atoms with E-state index in [0.29, 0.717) is 11.8 Å². The number of benzene rings is 1. The first-order valence-corrected chi connectivity index (χ1v) is 5.91. The van der Waals surface area contributed by atoms with Crippen molar-refractivity contribution in [2.75, 3.05) is 11.9 Å². The van der Waals surface area contributed by atoms with E-state index >= 15 is 0 Å². The third-order valence-electron chi connectivity index (χ3n) is 2.51. The first-order chi connectivity index (χ1) is 8.15. The number of anilines is 1. The third-order valence-corrected chi connectivity index (χ3v) is 2.51. The molecule has 0 fully saturated rings. The highest BCUT2D eigenvalue weighted by Crippen LogP contribution is 2.20. The first-order valence-electron chi connectivity index (χ1n) is 5.91. The highest BCUT2D eigenvalue weighted by atomic mass is 16.3. The van der Waals surface area contributed by atoms with Crippen molar-refractivity contribution in [1.82, 2.24) is 4.98 Å². The van der Waals surface area contributed by atoms with Gasteiger partial charge in [-0.1, -0.05) is 26.0 Å². The van der Waals surface area contributed by atoms with Crippen LogP contribution in [0.15, 0.2) is 34.9 Å². The van der Waals surface area contributed by atoms with Crippen LogP contribution >= 0.6 is 0 Å². The summed E-state index contributed by atoms with van der Waals surface area (Å²) in [5, 5.41) is 3.38. The molecule has 0 aliphatic rings. The van der Waals surface area contributed by atoms with Gasteiger partial charge in [-0.25, -0.2) is 4.98 Å². The maximum atomic E-state index is 5.20. The van der Waals surface area contributed by atoms with Crippen molar-refractivity contribution in [3.8, 4) is 11.3 Å². The van der Waals surface area contributed by atoms with Crippen molar-refractivity contribution in [3.05, 3.63) is 36.4 Å². The minimum Gasteiger partial charge on any atom is -0.449 e. The van der Waals surface area contributed by atoms with Crippen LogP contribution in [-0.2, 0) is 0 Å². The number of aryl methyl sites for hydroxylation is 1. The minimum atomic E-state index is 0.646. The second-order valence-corrected chi connectivity index (χ2v) is 4.60. The molecular formula is C14H18N2O. The Morgan fingerprint density at radius 2 is 1.94 bits per heavy atom. The molecule has 0 saturated heterocycles. The summed E-state index contributed by atoms with van der Waals surface area (Å²) in [5.41, 5.74) is 3.11. The molecule has 90 valence electrons. The molecule has 17 heavy (non-hydrogen) atoms. The molecule has 1 heterocycles. The summed E-state index contributed by atoms with van der Waals surface area (Å²) in [7, 11) is 0. The normalized spacial score (nSPS) is 10.8. The summed E-state index contributed by atoms with van der Waals surface area (Å²) < 4.78 is 5.20. The predicted molar refractivity (Wildman–Crippen MR) is 70.0 cm³/mol. The average molecular weight is 230 g/mol. The van der Waals surface area contributed by atoms with E-state index in [4.69, 9.17) is 4.42 Å². The number of oxazole rings is 1. The molecule has 0 aliphatic carbocycles. The maximum absolute atomic E-state index is 5.20. The Labute approximate surface area is 102 Å². The van der Waals surface area contributed by atoms with Crippen LogP contribution in [0.4, 0.5) is 5.69 Å². The average Bonchev–Trinajstić information content (AvgIpc) is 2.74. The molecule has 3 nitrogen and oxygen atoms in total. The van der Waals surface area contributed by atoms with E-state index in [-0.39, 0.29) is 0 Å². The van der Waals surface area contributed by atoms with Gasteiger partial charge in [0, 0.05) is 24.7 Å². The zero-order chi connectivity index (χ0) is 12.3. The second-order valence-electron chi connectivity index (χ2n) is 4.60. The van der Waals surface area contributed by atoms with Crippen molar-refractivity contribution in [3.63, 3.8) is 0 Å². The molecule has 2 aromatic rings. The Morgan fingerprint density at radius 3 is 2.47 bits per heavy atom.